The highest BCUT2D eigenvalue weighted by atomic mass is 16.5. The molecule has 1 atom stereocenters. The van der Waals surface area contributed by atoms with Crippen molar-refractivity contribution >= 4 is 0 Å². The summed E-state index contributed by atoms with van der Waals surface area (Å²) in [6.07, 6.45) is 0. The summed E-state index contributed by atoms with van der Waals surface area (Å²) in [4.78, 5) is 0. The van der Waals surface area contributed by atoms with Gasteiger partial charge in [-0.05, 0) is 38.2 Å². The molecule has 0 spiro atoms. The predicted octanol–water partition coefficient (Wildman–Crippen LogP) is 1.38. The van der Waals surface area contributed by atoms with Crippen molar-refractivity contribution in [3.8, 4) is 11.5 Å². The molecule has 0 fully saturated rings. The summed E-state index contributed by atoms with van der Waals surface area (Å²) < 4.78 is 5.44. The Labute approximate surface area is 78.3 Å². The molecule has 0 aromatic heterocycles. The highest BCUT2D eigenvalue weighted by Gasteiger charge is 1.98. The van der Waals surface area contributed by atoms with E-state index in [0.717, 1.165) is 5.75 Å². The van der Waals surface area contributed by atoms with E-state index in [1.807, 2.05) is 14.0 Å². The van der Waals surface area contributed by atoms with Crippen LogP contribution in [-0.4, -0.2) is 24.8 Å². The third-order valence-corrected chi connectivity index (χ3v) is 1.83. The van der Waals surface area contributed by atoms with Gasteiger partial charge in [-0.1, -0.05) is 0 Å². The van der Waals surface area contributed by atoms with Gasteiger partial charge in [0.2, 0.25) is 0 Å². The SMILES string of the molecule is CNC(C)COc1ccc(O)cc1. The molecule has 1 aromatic carbocycles. The van der Waals surface area contributed by atoms with E-state index in [2.05, 4.69) is 5.32 Å². The topological polar surface area (TPSA) is 41.5 Å². The van der Waals surface area contributed by atoms with Crippen molar-refractivity contribution in [3.63, 3.8) is 0 Å². The number of phenolic OH excluding ortho intramolecular Hbond substituents is 1. The highest BCUT2D eigenvalue weighted by molar-refractivity contribution is 5.30. The van der Waals surface area contributed by atoms with E-state index in [1.54, 1.807) is 24.3 Å². The molecule has 0 aliphatic heterocycles. The summed E-state index contributed by atoms with van der Waals surface area (Å²) in [5.74, 6) is 1.04. The van der Waals surface area contributed by atoms with Gasteiger partial charge >= 0.3 is 0 Å². The summed E-state index contributed by atoms with van der Waals surface area (Å²) in [5.41, 5.74) is 0. The second-order valence-electron chi connectivity index (χ2n) is 2.99. The molecule has 72 valence electrons. The lowest BCUT2D eigenvalue weighted by molar-refractivity contribution is 0.279. The Morgan fingerprint density at radius 3 is 2.54 bits per heavy atom. The van der Waals surface area contributed by atoms with Crippen molar-refractivity contribution in [2.45, 2.75) is 13.0 Å². The number of ether oxygens (including phenoxy) is 1. The van der Waals surface area contributed by atoms with Crippen LogP contribution in [0.3, 0.4) is 0 Å². The van der Waals surface area contributed by atoms with Crippen molar-refractivity contribution in [2.24, 2.45) is 0 Å². The molecule has 0 radical (unpaired) electrons. The van der Waals surface area contributed by atoms with Crippen molar-refractivity contribution in [1.82, 2.24) is 5.32 Å². The molecule has 3 heteroatoms. The van der Waals surface area contributed by atoms with E-state index in [0.29, 0.717) is 12.6 Å². The fraction of sp³-hybridized carbons (Fsp3) is 0.400. The van der Waals surface area contributed by atoms with Crippen LogP contribution in [0.25, 0.3) is 0 Å². The maximum atomic E-state index is 9.01. The highest BCUT2D eigenvalue weighted by Crippen LogP contribution is 2.15. The molecule has 0 bridgehead atoms. The fourth-order valence-electron chi connectivity index (χ4n) is 0.847. The van der Waals surface area contributed by atoms with E-state index in [4.69, 9.17) is 9.84 Å². The first-order valence-electron chi connectivity index (χ1n) is 4.31. The first kappa shape index (κ1) is 9.86. The fourth-order valence-corrected chi connectivity index (χ4v) is 0.847. The zero-order valence-electron chi connectivity index (χ0n) is 7.95. The van der Waals surface area contributed by atoms with Crippen LogP contribution in [0.15, 0.2) is 24.3 Å². The average molecular weight is 181 g/mol. The quantitative estimate of drug-likeness (QED) is 0.737. The molecule has 0 saturated heterocycles. The van der Waals surface area contributed by atoms with Crippen molar-refractivity contribution in [2.75, 3.05) is 13.7 Å². The normalized spacial score (nSPS) is 12.5. The van der Waals surface area contributed by atoms with Gasteiger partial charge in [-0.3, -0.25) is 0 Å². The average Bonchev–Trinajstić information content (AvgIpc) is 2.16. The smallest absolute Gasteiger partial charge is 0.119 e. The van der Waals surface area contributed by atoms with Gasteiger partial charge < -0.3 is 15.2 Å². The van der Waals surface area contributed by atoms with Crippen LogP contribution in [0, 0.1) is 0 Å². The molecule has 0 aliphatic rings. The number of nitrogens with one attached hydrogen (secondary N) is 1. The van der Waals surface area contributed by atoms with E-state index in [9.17, 15) is 0 Å². The first-order valence-corrected chi connectivity index (χ1v) is 4.31. The standard InChI is InChI=1S/C10H15NO2/c1-8(11-2)7-13-10-5-3-9(12)4-6-10/h3-6,8,11-12H,7H2,1-2H3. The van der Waals surface area contributed by atoms with Crippen LogP contribution < -0.4 is 10.1 Å². The molecule has 0 saturated carbocycles. The Kier molecular flexibility index (Phi) is 3.58. The molecular formula is C10H15NO2. The molecule has 3 nitrogen and oxygen atoms in total. The monoisotopic (exact) mass is 181 g/mol. The van der Waals surface area contributed by atoms with E-state index < -0.39 is 0 Å². The van der Waals surface area contributed by atoms with Crippen LogP contribution in [0.1, 0.15) is 6.92 Å². The molecule has 1 aromatic rings. The van der Waals surface area contributed by atoms with Gasteiger partial charge in [0.25, 0.3) is 0 Å². The van der Waals surface area contributed by atoms with Gasteiger partial charge in [0.05, 0.1) is 0 Å². The molecular weight excluding hydrogens is 166 g/mol. The summed E-state index contributed by atoms with van der Waals surface area (Å²) in [7, 11) is 1.89. The summed E-state index contributed by atoms with van der Waals surface area (Å²) in [6, 6.07) is 7.04. The van der Waals surface area contributed by atoms with Gasteiger partial charge in [0, 0.05) is 6.04 Å². The Balaban J connectivity index is 2.41. The number of hydrogen-bond donors (Lipinski definition) is 2. The molecule has 0 aliphatic carbocycles. The third-order valence-electron chi connectivity index (χ3n) is 1.83. The van der Waals surface area contributed by atoms with Crippen molar-refractivity contribution in [3.05, 3.63) is 24.3 Å². The number of hydrogen-bond acceptors (Lipinski definition) is 3. The lowest BCUT2D eigenvalue weighted by Crippen LogP contribution is -2.28. The summed E-state index contributed by atoms with van der Waals surface area (Å²) in [5, 5.41) is 12.1. The predicted molar refractivity (Wildman–Crippen MR) is 52.1 cm³/mol. The number of likely N-dealkylation sites (N-methyl/N-ethyl adjacent to an activating group) is 1. The molecule has 13 heavy (non-hydrogen) atoms. The maximum Gasteiger partial charge on any atom is 0.119 e. The van der Waals surface area contributed by atoms with Crippen molar-refractivity contribution in [1.29, 1.82) is 0 Å². The number of rotatable bonds is 4. The maximum absolute atomic E-state index is 9.01. The Morgan fingerprint density at radius 1 is 1.38 bits per heavy atom. The van der Waals surface area contributed by atoms with E-state index in [1.165, 1.54) is 0 Å². The third kappa shape index (κ3) is 3.34. The minimum absolute atomic E-state index is 0.258. The van der Waals surface area contributed by atoms with E-state index in [-0.39, 0.29) is 5.75 Å². The zero-order chi connectivity index (χ0) is 9.68. The second kappa shape index (κ2) is 4.72. The van der Waals surface area contributed by atoms with Crippen LogP contribution in [0.2, 0.25) is 0 Å². The Hall–Kier alpha value is -1.22. The molecule has 1 rings (SSSR count). The lowest BCUT2D eigenvalue weighted by atomic mass is 10.3. The van der Waals surface area contributed by atoms with E-state index >= 15 is 0 Å². The second-order valence-corrected chi connectivity index (χ2v) is 2.99. The number of aromatic hydroxyl groups is 1. The zero-order valence-corrected chi connectivity index (χ0v) is 7.95. The molecule has 0 heterocycles. The number of benzene rings is 1. The lowest BCUT2D eigenvalue weighted by Gasteiger charge is -2.11. The molecule has 0 amide bonds. The van der Waals surface area contributed by atoms with Crippen LogP contribution in [0.4, 0.5) is 0 Å². The number of phenols is 1. The molecule has 2 N–H and O–H groups in total. The van der Waals surface area contributed by atoms with Gasteiger partial charge in [0.1, 0.15) is 18.1 Å². The largest absolute Gasteiger partial charge is 0.508 e. The molecule has 1 unspecified atom stereocenters. The van der Waals surface area contributed by atoms with Gasteiger partial charge in [-0.15, -0.1) is 0 Å². The summed E-state index contributed by atoms with van der Waals surface area (Å²) >= 11 is 0. The van der Waals surface area contributed by atoms with Gasteiger partial charge in [-0.25, -0.2) is 0 Å². The summed E-state index contributed by atoms with van der Waals surface area (Å²) in [6.45, 7) is 2.67. The van der Waals surface area contributed by atoms with Crippen LogP contribution in [0.5, 0.6) is 11.5 Å². The first-order chi connectivity index (χ1) is 6.22. The van der Waals surface area contributed by atoms with Crippen LogP contribution >= 0.6 is 0 Å². The van der Waals surface area contributed by atoms with Gasteiger partial charge in [-0.2, -0.15) is 0 Å². The Bertz CT molecular complexity index is 246. The van der Waals surface area contributed by atoms with Gasteiger partial charge in [0.15, 0.2) is 0 Å². The minimum Gasteiger partial charge on any atom is -0.508 e. The Morgan fingerprint density at radius 2 is 2.00 bits per heavy atom. The van der Waals surface area contributed by atoms with Crippen molar-refractivity contribution < 1.29 is 9.84 Å². The minimum atomic E-state index is 0.258. The van der Waals surface area contributed by atoms with Crippen LogP contribution in [-0.2, 0) is 0 Å².